The highest BCUT2D eigenvalue weighted by atomic mass is 14.0. The molecule has 0 saturated heterocycles. The summed E-state index contributed by atoms with van der Waals surface area (Å²) in [6.07, 6.45) is 9.00. The van der Waals surface area contributed by atoms with Crippen LogP contribution >= 0.6 is 0 Å². The van der Waals surface area contributed by atoms with Crippen LogP contribution in [0.15, 0.2) is 0 Å². The van der Waals surface area contributed by atoms with E-state index in [2.05, 4.69) is 20.8 Å². The fraction of sp³-hybridized carbons (Fsp3) is 1.00. The predicted octanol–water partition coefficient (Wildman–Crippen LogP) is 5.03. The van der Waals surface area contributed by atoms with Gasteiger partial charge < -0.3 is 0 Å². The summed E-state index contributed by atoms with van der Waals surface area (Å²) < 4.78 is 0. The number of hydrogen-bond donors (Lipinski definition) is 0. The minimum atomic E-state index is 0.833. The van der Waals surface area contributed by atoms with Crippen LogP contribution in [0, 0.1) is 5.92 Å². The molecule has 1 aliphatic rings. The average molecular weight is 172 g/mol. The van der Waals surface area contributed by atoms with Crippen molar-refractivity contribution < 1.29 is 0 Å². The van der Waals surface area contributed by atoms with Crippen LogP contribution in [0.5, 0.6) is 0 Å². The monoisotopic (exact) mass is 172 g/mol. The lowest BCUT2D eigenvalue weighted by Crippen LogP contribution is -1.85. The van der Waals surface area contributed by atoms with Gasteiger partial charge in [0.05, 0.1) is 0 Å². The molecule has 1 saturated carbocycles. The SMILES string of the molecule is C1CCCCC1.CC.CC(C)C. The Kier molecular flexibility index (Phi) is 16.4. The molecule has 1 rings (SSSR count). The Bertz CT molecular complexity index is 36.8. The summed E-state index contributed by atoms with van der Waals surface area (Å²) in [7, 11) is 0. The van der Waals surface area contributed by atoms with E-state index in [4.69, 9.17) is 0 Å². The third-order valence-corrected chi connectivity index (χ3v) is 1.50. The minimum Gasteiger partial charge on any atom is -0.0683 e. The van der Waals surface area contributed by atoms with Gasteiger partial charge in [0.25, 0.3) is 0 Å². The van der Waals surface area contributed by atoms with Crippen molar-refractivity contribution in [1.29, 1.82) is 0 Å². The van der Waals surface area contributed by atoms with E-state index in [1.54, 1.807) is 0 Å². The van der Waals surface area contributed by atoms with Gasteiger partial charge >= 0.3 is 0 Å². The van der Waals surface area contributed by atoms with E-state index in [0.29, 0.717) is 0 Å². The van der Waals surface area contributed by atoms with Crippen molar-refractivity contribution in [2.75, 3.05) is 0 Å². The molecule has 0 bridgehead atoms. The molecule has 0 aromatic carbocycles. The molecular formula is C12H28. The van der Waals surface area contributed by atoms with Crippen molar-refractivity contribution in [3.8, 4) is 0 Å². The second-order valence-electron chi connectivity index (χ2n) is 3.85. The third-order valence-electron chi connectivity index (χ3n) is 1.50. The maximum Gasteiger partial charge on any atom is -0.0500 e. The molecule has 0 radical (unpaired) electrons. The van der Waals surface area contributed by atoms with Crippen molar-refractivity contribution in [3.05, 3.63) is 0 Å². The molecule has 0 heteroatoms. The summed E-state index contributed by atoms with van der Waals surface area (Å²) in [6, 6.07) is 0. The van der Waals surface area contributed by atoms with Crippen LogP contribution in [0.2, 0.25) is 0 Å². The van der Waals surface area contributed by atoms with Crippen LogP contribution < -0.4 is 0 Å². The molecular weight excluding hydrogens is 144 g/mol. The third kappa shape index (κ3) is 22.5. The zero-order chi connectivity index (χ0) is 9.82. The van der Waals surface area contributed by atoms with Gasteiger partial charge in [0.1, 0.15) is 0 Å². The standard InChI is InChI=1S/C6H12.C4H10.C2H6/c1-2-4-6-5-3-1;1-4(2)3;1-2/h1-6H2;4H,1-3H3;1-2H3. The van der Waals surface area contributed by atoms with Crippen LogP contribution in [-0.4, -0.2) is 0 Å². The van der Waals surface area contributed by atoms with Crippen LogP contribution in [0.3, 0.4) is 0 Å². The first-order chi connectivity index (χ1) is 5.73. The van der Waals surface area contributed by atoms with E-state index in [0.717, 1.165) is 5.92 Å². The van der Waals surface area contributed by atoms with Gasteiger partial charge in [0.15, 0.2) is 0 Å². The van der Waals surface area contributed by atoms with E-state index in [-0.39, 0.29) is 0 Å². The number of hydrogen-bond acceptors (Lipinski definition) is 0. The maximum atomic E-state index is 2.17. The van der Waals surface area contributed by atoms with Crippen molar-refractivity contribution in [2.45, 2.75) is 73.1 Å². The van der Waals surface area contributed by atoms with E-state index >= 15 is 0 Å². The van der Waals surface area contributed by atoms with Gasteiger partial charge in [-0.15, -0.1) is 0 Å². The lowest BCUT2D eigenvalue weighted by atomic mass is 10.0. The largest absolute Gasteiger partial charge is 0.0683 e. The first kappa shape index (κ1) is 14.5. The molecule has 0 N–H and O–H groups in total. The van der Waals surface area contributed by atoms with Crippen molar-refractivity contribution >= 4 is 0 Å². The highest BCUT2D eigenvalue weighted by molar-refractivity contribution is 4.51. The van der Waals surface area contributed by atoms with Crippen LogP contribution in [0.25, 0.3) is 0 Å². The Labute approximate surface area is 79.8 Å². The molecule has 0 aliphatic heterocycles. The van der Waals surface area contributed by atoms with Crippen molar-refractivity contribution in [1.82, 2.24) is 0 Å². The van der Waals surface area contributed by atoms with Gasteiger partial charge in [-0.1, -0.05) is 73.1 Å². The summed E-state index contributed by atoms with van der Waals surface area (Å²) in [6.45, 7) is 10.5. The molecule has 0 aromatic heterocycles. The summed E-state index contributed by atoms with van der Waals surface area (Å²) in [5.74, 6) is 0.833. The zero-order valence-electron chi connectivity index (χ0n) is 9.82. The lowest BCUT2D eigenvalue weighted by Gasteiger charge is -2.05. The second-order valence-corrected chi connectivity index (χ2v) is 3.85. The lowest BCUT2D eigenvalue weighted by molar-refractivity contribution is 0.504. The Hall–Kier alpha value is 0. The molecule has 0 heterocycles. The first-order valence-corrected chi connectivity index (χ1v) is 5.73. The summed E-state index contributed by atoms with van der Waals surface area (Å²) >= 11 is 0. The molecule has 1 aliphatic carbocycles. The second kappa shape index (κ2) is 13.6. The minimum absolute atomic E-state index is 0.833. The average Bonchev–Trinajstić information content (AvgIpc) is 2.10. The van der Waals surface area contributed by atoms with Gasteiger partial charge in [-0.05, 0) is 5.92 Å². The topological polar surface area (TPSA) is 0 Å². The van der Waals surface area contributed by atoms with Crippen molar-refractivity contribution in [2.24, 2.45) is 5.92 Å². The zero-order valence-corrected chi connectivity index (χ0v) is 9.82. The Balaban J connectivity index is 0. The summed E-state index contributed by atoms with van der Waals surface area (Å²) in [5, 5.41) is 0. The van der Waals surface area contributed by atoms with Gasteiger partial charge in [-0.25, -0.2) is 0 Å². The Morgan fingerprint density at radius 1 is 0.583 bits per heavy atom. The fourth-order valence-corrected chi connectivity index (χ4v) is 1.06. The molecule has 0 aromatic rings. The molecule has 0 unspecified atom stereocenters. The van der Waals surface area contributed by atoms with E-state index in [1.165, 1.54) is 38.5 Å². The van der Waals surface area contributed by atoms with Crippen LogP contribution in [0.1, 0.15) is 73.1 Å². The molecule has 0 amide bonds. The summed E-state index contributed by atoms with van der Waals surface area (Å²) in [4.78, 5) is 0. The highest BCUT2D eigenvalue weighted by Gasteiger charge is 1.95. The van der Waals surface area contributed by atoms with Gasteiger partial charge in [-0.3, -0.25) is 0 Å². The van der Waals surface area contributed by atoms with E-state index in [9.17, 15) is 0 Å². The maximum absolute atomic E-state index is 2.17. The summed E-state index contributed by atoms with van der Waals surface area (Å²) in [5.41, 5.74) is 0. The normalized spacial score (nSPS) is 15.5. The molecule has 76 valence electrons. The number of rotatable bonds is 0. The molecule has 0 nitrogen and oxygen atoms in total. The highest BCUT2D eigenvalue weighted by Crippen LogP contribution is 2.15. The van der Waals surface area contributed by atoms with Crippen molar-refractivity contribution in [3.63, 3.8) is 0 Å². The smallest absolute Gasteiger partial charge is 0.0500 e. The molecule has 1 fully saturated rings. The van der Waals surface area contributed by atoms with E-state index < -0.39 is 0 Å². The molecule has 0 atom stereocenters. The van der Waals surface area contributed by atoms with E-state index in [1.807, 2.05) is 13.8 Å². The van der Waals surface area contributed by atoms with Gasteiger partial charge in [-0.2, -0.15) is 0 Å². The Morgan fingerprint density at radius 3 is 0.750 bits per heavy atom. The predicted molar refractivity (Wildman–Crippen MR) is 59.6 cm³/mol. The first-order valence-electron chi connectivity index (χ1n) is 5.73. The fourth-order valence-electron chi connectivity index (χ4n) is 1.06. The molecule has 0 spiro atoms. The quantitative estimate of drug-likeness (QED) is 0.481. The Morgan fingerprint density at radius 2 is 0.667 bits per heavy atom. The molecule has 12 heavy (non-hydrogen) atoms. The van der Waals surface area contributed by atoms with Crippen LogP contribution in [0.4, 0.5) is 0 Å². The van der Waals surface area contributed by atoms with Crippen LogP contribution in [-0.2, 0) is 0 Å². The van der Waals surface area contributed by atoms with Gasteiger partial charge in [0.2, 0.25) is 0 Å². The van der Waals surface area contributed by atoms with Gasteiger partial charge in [0, 0.05) is 0 Å².